The molecule has 0 radical (unpaired) electrons. The highest BCUT2D eigenvalue weighted by Gasteiger charge is 2.27. The van der Waals surface area contributed by atoms with Crippen LogP contribution in [0.15, 0.2) is 18.2 Å². The third kappa shape index (κ3) is 5.42. The molecule has 2 rings (SSSR count). The Kier molecular flexibility index (Phi) is 6.76. The van der Waals surface area contributed by atoms with E-state index in [9.17, 15) is 19.7 Å². The Morgan fingerprint density at radius 3 is 2.48 bits per heavy atom. The second-order valence-corrected chi connectivity index (χ2v) is 7.60. The lowest BCUT2D eigenvalue weighted by Crippen LogP contribution is -2.38. The molecule has 1 heterocycles. The first-order valence-corrected chi connectivity index (χ1v) is 9.23. The van der Waals surface area contributed by atoms with Gasteiger partial charge in [0.05, 0.1) is 4.92 Å². The van der Waals surface area contributed by atoms with Crippen molar-refractivity contribution in [3.8, 4) is 0 Å². The van der Waals surface area contributed by atoms with Crippen molar-refractivity contribution < 1.29 is 19.6 Å². The van der Waals surface area contributed by atoms with Crippen molar-refractivity contribution >= 4 is 23.3 Å². The van der Waals surface area contributed by atoms with Crippen LogP contribution in [-0.4, -0.2) is 53.0 Å². The molecule has 0 unspecified atom stereocenters. The van der Waals surface area contributed by atoms with Gasteiger partial charge in [0.15, 0.2) is 0 Å². The van der Waals surface area contributed by atoms with E-state index in [4.69, 9.17) is 5.11 Å². The zero-order valence-corrected chi connectivity index (χ0v) is 16.1. The molecule has 0 aromatic heterocycles. The lowest BCUT2D eigenvalue weighted by Gasteiger charge is -2.32. The van der Waals surface area contributed by atoms with Gasteiger partial charge in [-0.1, -0.05) is 20.8 Å². The largest absolute Gasteiger partial charge is 0.480 e. The number of carbonyl (C=O) groups excluding carboxylic acids is 1. The van der Waals surface area contributed by atoms with Gasteiger partial charge in [-0.3, -0.25) is 19.7 Å². The molecule has 1 saturated heterocycles. The first-order chi connectivity index (χ1) is 12.7. The third-order valence-corrected chi connectivity index (χ3v) is 4.74. The second-order valence-electron chi connectivity index (χ2n) is 7.60. The van der Waals surface area contributed by atoms with Crippen molar-refractivity contribution in [3.63, 3.8) is 0 Å². The molecule has 148 valence electrons. The number of hydrogen-bond donors (Lipinski definition) is 1. The van der Waals surface area contributed by atoms with Crippen LogP contribution in [0.1, 0.15) is 44.0 Å². The minimum Gasteiger partial charge on any atom is -0.480 e. The first kappa shape index (κ1) is 20.7. The topological polar surface area (TPSA) is 104 Å². The number of anilines is 1. The summed E-state index contributed by atoms with van der Waals surface area (Å²) in [4.78, 5) is 38.1. The third-order valence-electron chi connectivity index (χ3n) is 4.74. The summed E-state index contributed by atoms with van der Waals surface area (Å²) >= 11 is 0. The maximum atomic E-state index is 12.7. The fourth-order valence-electron chi connectivity index (χ4n) is 3.33. The summed E-state index contributed by atoms with van der Waals surface area (Å²) in [6.07, 6.45) is 1.94. The van der Waals surface area contributed by atoms with Gasteiger partial charge in [0, 0.05) is 31.3 Å². The van der Waals surface area contributed by atoms with Gasteiger partial charge in [-0.25, -0.2) is 0 Å². The molecule has 1 aromatic carbocycles. The van der Waals surface area contributed by atoms with Crippen molar-refractivity contribution in [2.24, 2.45) is 11.8 Å². The van der Waals surface area contributed by atoms with Crippen LogP contribution in [0, 0.1) is 22.0 Å². The zero-order chi connectivity index (χ0) is 20.1. The Bertz CT molecular complexity index is 711. The van der Waals surface area contributed by atoms with E-state index in [-0.39, 0.29) is 23.7 Å². The van der Waals surface area contributed by atoms with Gasteiger partial charge in [0.25, 0.3) is 11.6 Å². The van der Waals surface area contributed by atoms with Gasteiger partial charge in [-0.05, 0) is 36.8 Å². The summed E-state index contributed by atoms with van der Waals surface area (Å²) in [6, 6.07) is 4.43. The predicted molar refractivity (Wildman–Crippen MR) is 102 cm³/mol. The molecule has 0 bridgehead atoms. The molecule has 0 aliphatic carbocycles. The fraction of sp³-hybridized carbons (Fsp3) is 0.579. The minimum atomic E-state index is -1.11. The van der Waals surface area contributed by atoms with Gasteiger partial charge >= 0.3 is 5.97 Å². The maximum absolute atomic E-state index is 12.7. The number of aliphatic carboxylic acids is 1. The lowest BCUT2D eigenvalue weighted by atomic mass is 9.98. The Balaban J connectivity index is 2.31. The van der Waals surface area contributed by atoms with Crippen LogP contribution in [0.2, 0.25) is 0 Å². The average Bonchev–Trinajstić information content (AvgIpc) is 2.60. The highest BCUT2D eigenvalue weighted by atomic mass is 16.6. The SMILES string of the molecule is CC(C)CN(CC(=O)O)C(=O)c1ccc(N2CCC(C)CC2)c([N+](=O)[O-])c1. The highest BCUT2D eigenvalue weighted by molar-refractivity contribution is 5.97. The van der Waals surface area contributed by atoms with E-state index < -0.39 is 23.3 Å². The number of carboxylic acid groups (broad SMARTS) is 1. The molecule has 0 saturated carbocycles. The highest BCUT2D eigenvalue weighted by Crippen LogP contribution is 2.32. The van der Waals surface area contributed by atoms with Gasteiger partial charge in [-0.15, -0.1) is 0 Å². The normalized spacial score (nSPS) is 15.0. The van der Waals surface area contributed by atoms with Crippen LogP contribution in [0.25, 0.3) is 0 Å². The number of carbonyl (C=O) groups is 2. The Labute approximate surface area is 158 Å². The molecule has 8 nitrogen and oxygen atoms in total. The van der Waals surface area contributed by atoms with E-state index in [1.54, 1.807) is 12.1 Å². The molecule has 1 aromatic rings. The number of carboxylic acids is 1. The van der Waals surface area contributed by atoms with Gasteiger partial charge < -0.3 is 14.9 Å². The molecule has 1 aliphatic heterocycles. The summed E-state index contributed by atoms with van der Waals surface area (Å²) < 4.78 is 0. The van der Waals surface area contributed by atoms with Crippen LogP contribution in [0.5, 0.6) is 0 Å². The van der Waals surface area contributed by atoms with Crippen molar-refractivity contribution in [3.05, 3.63) is 33.9 Å². The molecule has 0 spiro atoms. The smallest absolute Gasteiger partial charge is 0.323 e. The number of nitro benzene ring substituents is 1. The molecule has 1 aliphatic rings. The average molecular weight is 377 g/mol. The standard InChI is InChI=1S/C19H27N3O5/c1-13(2)11-21(12-18(23)24)19(25)15-4-5-16(17(10-15)22(26)27)20-8-6-14(3)7-9-20/h4-5,10,13-14H,6-9,11-12H2,1-3H3,(H,23,24). The number of nitrogens with zero attached hydrogens (tertiary/aromatic N) is 3. The van der Waals surface area contributed by atoms with Crippen LogP contribution in [0.3, 0.4) is 0 Å². The monoisotopic (exact) mass is 377 g/mol. The summed E-state index contributed by atoms with van der Waals surface area (Å²) in [5.74, 6) is -0.940. The van der Waals surface area contributed by atoms with Crippen LogP contribution in [-0.2, 0) is 4.79 Å². The number of piperidine rings is 1. The van der Waals surface area contributed by atoms with E-state index in [0.29, 0.717) is 11.6 Å². The zero-order valence-electron chi connectivity index (χ0n) is 16.1. The molecule has 8 heteroatoms. The van der Waals surface area contributed by atoms with E-state index in [2.05, 4.69) is 6.92 Å². The van der Waals surface area contributed by atoms with Crippen molar-refractivity contribution in [2.75, 3.05) is 31.1 Å². The molecule has 1 amide bonds. The van der Waals surface area contributed by atoms with Crippen molar-refractivity contribution in [1.82, 2.24) is 4.90 Å². The number of hydrogen-bond acceptors (Lipinski definition) is 5. The first-order valence-electron chi connectivity index (χ1n) is 9.23. The van der Waals surface area contributed by atoms with Crippen LogP contribution in [0.4, 0.5) is 11.4 Å². The van der Waals surface area contributed by atoms with Crippen LogP contribution < -0.4 is 4.90 Å². The van der Waals surface area contributed by atoms with E-state index >= 15 is 0 Å². The Morgan fingerprint density at radius 2 is 1.96 bits per heavy atom. The van der Waals surface area contributed by atoms with E-state index in [1.807, 2.05) is 18.7 Å². The number of rotatable bonds is 7. The quantitative estimate of drug-likeness (QED) is 0.578. The molecule has 27 heavy (non-hydrogen) atoms. The summed E-state index contributed by atoms with van der Waals surface area (Å²) in [5.41, 5.74) is 0.532. The summed E-state index contributed by atoms with van der Waals surface area (Å²) in [6.45, 7) is 7.25. The summed E-state index contributed by atoms with van der Waals surface area (Å²) in [5, 5.41) is 20.7. The molecule has 1 fully saturated rings. The van der Waals surface area contributed by atoms with E-state index in [0.717, 1.165) is 25.9 Å². The Morgan fingerprint density at radius 1 is 1.33 bits per heavy atom. The number of nitro groups is 1. The minimum absolute atomic E-state index is 0.0814. The maximum Gasteiger partial charge on any atom is 0.323 e. The van der Waals surface area contributed by atoms with Gasteiger partial charge in [0.2, 0.25) is 0 Å². The molecule has 0 atom stereocenters. The lowest BCUT2D eigenvalue weighted by molar-refractivity contribution is -0.384. The van der Waals surface area contributed by atoms with Gasteiger partial charge in [-0.2, -0.15) is 0 Å². The van der Waals surface area contributed by atoms with Crippen LogP contribution >= 0.6 is 0 Å². The van der Waals surface area contributed by atoms with Crippen molar-refractivity contribution in [2.45, 2.75) is 33.6 Å². The summed E-state index contributed by atoms with van der Waals surface area (Å²) in [7, 11) is 0. The molecular weight excluding hydrogens is 350 g/mol. The molecular formula is C19H27N3O5. The number of benzene rings is 1. The predicted octanol–water partition coefficient (Wildman–Crippen LogP) is 3.01. The van der Waals surface area contributed by atoms with Gasteiger partial charge in [0.1, 0.15) is 12.2 Å². The fourth-order valence-corrected chi connectivity index (χ4v) is 3.33. The molecule has 1 N–H and O–H groups in total. The van der Waals surface area contributed by atoms with E-state index in [1.165, 1.54) is 11.0 Å². The second kappa shape index (κ2) is 8.83. The Hall–Kier alpha value is -2.64. The van der Waals surface area contributed by atoms with Crippen molar-refractivity contribution in [1.29, 1.82) is 0 Å². The number of amides is 1.